The maximum atomic E-state index is 11.8. The minimum absolute atomic E-state index is 0.0544. The van der Waals surface area contributed by atoms with E-state index in [-0.39, 0.29) is 11.6 Å². The van der Waals surface area contributed by atoms with E-state index in [4.69, 9.17) is 10.2 Å². The summed E-state index contributed by atoms with van der Waals surface area (Å²) in [5.41, 5.74) is 5.35. The van der Waals surface area contributed by atoms with Crippen molar-refractivity contribution in [2.45, 2.75) is 25.0 Å². The molecule has 2 unspecified atom stereocenters. The Hall–Kier alpha value is -0.850. The van der Waals surface area contributed by atoms with Gasteiger partial charge in [0.1, 0.15) is 5.76 Å². The van der Waals surface area contributed by atoms with E-state index in [9.17, 15) is 8.42 Å². The van der Waals surface area contributed by atoms with Crippen molar-refractivity contribution in [2.75, 3.05) is 6.54 Å². The number of rotatable bonds is 5. The third kappa shape index (κ3) is 2.45. The quantitative estimate of drug-likeness (QED) is 0.797. The predicted molar refractivity (Wildman–Crippen MR) is 59.1 cm³/mol. The van der Waals surface area contributed by atoms with Gasteiger partial charge in [-0.05, 0) is 30.4 Å². The molecule has 1 fully saturated rings. The van der Waals surface area contributed by atoms with Gasteiger partial charge in [-0.1, -0.05) is 6.92 Å². The maximum Gasteiger partial charge on any atom is 0.273 e. The molecule has 1 aromatic heterocycles. The summed E-state index contributed by atoms with van der Waals surface area (Å²) in [6.07, 6.45) is 1.09. The van der Waals surface area contributed by atoms with Crippen LogP contribution < -0.4 is 10.5 Å². The molecule has 0 aliphatic heterocycles. The average molecular weight is 244 g/mol. The summed E-state index contributed by atoms with van der Waals surface area (Å²) in [4.78, 5) is 0. The molecule has 2 rings (SSSR count). The Morgan fingerprint density at radius 2 is 2.25 bits per heavy atom. The lowest BCUT2D eigenvalue weighted by atomic mass is 10.3. The average Bonchev–Trinajstić information content (AvgIpc) is 2.78. The molecule has 0 spiro atoms. The highest BCUT2D eigenvalue weighted by Crippen LogP contribution is 2.37. The van der Waals surface area contributed by atoms with Gasteiger partial charge < -0.3 is 10.2 Å². The summed E-state index contributed by atoms with van der Waals surface area (Å²) in [5, 5.41) is -0.0544. The fourth-order valence-electron chi connectivity index (χ4n) is 1.58. The first-order chi connectivity index (χ1) is 7.53. The van der Waals surface area contributed by atoms with Gasteiger partial charge in [0.15, 0.2) is 0 Å². The molecular formula is C10H16N2O3S. The summed E-state index contributed by atoms with van der Waals surface area (Å²) < 4.78 is 31.2. The van der Waals surface area contributed by atoms with E-state index in [0.717, 1.165) is 6.42 Å². The highest BCUT2D eigenvalue weighted by molar-refractivity contribution is 7.89. The minimum Gasteiger partial charge on any atom is -0.447 e. The number of hydrogen-bond donors (Lipinski definition) is 2. The van der Waals surface area contributed by atoms with Crippen LogP contribution in [0.1, 0.15) is 19.1 Å². The molecule has 1 aliphatic rings. The first-order valence-corrected chi connectivity index (χ1v) is 6.79. The Morgan fingerprint density at radius 3 is 2.75 bits per heavy atom. The van der Waals surface area contributed by atoms with E-state index in [1.54, 1.807) is 6.07 Å². The van der Waals surface area contributed by atoms with Gasteiger partial charge in [0.25, 0.3) is 10.0 Å². The maximum absolute atomic E-state index is 11.8. The van der Waals surface area contributed by atoms with Gasteiger partial charge in [0.2, 0.25) is 5.09 Å². The van der Waals surface area contributed by atoms with Crippen LogP contribution in [0.4, 0.5) is 0 Å². The van der Waals surface area contributed by atoms with Gasteiger partial charge in [-0.25, -0.2) is 13.1 Å². The number of sulfonamides is 1. The van der Waals surface area contributed by atoms with Crippen LogP contribution in [0.3, 0.4) is 0 Å². The Morgan fingerprint density at radius 1 is 1.56 bits per heavy atom. The molecule has 0 aromatic carbocycles. The van der Waals surface area contributed by atoms with Crippen LogP contribution in [0.25, 0.3) is 0 Å². The molecule has 3 N–H and O–H groups in total. The lowest BCUT2D eigenvalue weighted by Gasteiger charge is -2.02. The van der Waals surface area contributed by atoms with Crippen molar-refractivity contribution >= 4 is 10.0 Å². The molecule has 90 valence electrons. The lowest BCUT2D eigenvalue weighted by molar-refractivity contribution is 0.412. The van der Waals surface area contributed by atoms with E-state index in [1.807, 2.05) is 0 Å². The van der Waals surface area contributed by atoms with Crippen LogP contribution in [0.2, 0.25) is 0 Å². The van der Waals surface area contributed by atoms with Crippen LogP contribution in [0.15, 0.2) is 21.6 Å². The molecule has 0 saturated heterocycles. The molecule has 0 amide bonds. The third-order valence-electron chi connectivity index (χ3n) is 2.91. The van der Waals surface area contributed by atoms with Crippen molar-refractivity contribution in [1.29, 1.82) is 0 Å². The minimum atomic E-state index is -3.50. The van der Waals surface area contributed by atoms with E-state index < -0.39 is 10.0 Å². The SMILES string of the molecule is CC1CC1CNS(=O)(=O)c1ccc(CN)o1. The monoisotopic (exact) mass is 244 g/mol. The molecule has 1 aliphatic carbocycles. The second kappa shape index (κ2) is 4.20. The second-order valence-corrected chi connectivity index (χ2v) is 5.95. The van der Waals surface area contributed by atoms with E-state index in [2.05, 4.69) is 11.6 Å². The second-order valence-electron chi connectivity index (χ2n) is 4.25. The summed E-state index contributed by atoms with van der Waals surface area (Å²) in [6.45, 7) is 2.80. The molecule has 1 aromatic rings. The summed E-state index contributed by atoms with van der Waals surface area (Å²) in [7, 11) is -3.50. The molecule has 0 bridgehead atoms. The first kappa shape index (κ1) is 11.6. The Kier molecular flexibility index (Phi) is 3.05. The third-order valence-corrected chi connectivity index (χ3v) is 4.21. The van der Waals surface area contributed by atoms with Gasteiger partial charge in [0.05, 0.1) is 6.54 Å². The van der Waals surface area contributed by atoms with Crippen LogP contribution >= 0.6 is 0 Å². The van der Waals surface area contributed by atoms with Crippen molar-refractivity contribution in [3.05, 3.63) is 17.9 Å². The molecule has 1 heterocycles. The molecule has 2 atom stereocenters. The largest absolute Gasteiger partial charge is 0.447 e. The smallest absolute Gasteiger partial charge is 0.273 e. The number of furan rings is 1. The number of nitrogens with one attached hydrogen (secondary N) is 1. The predicted octanol–water partition coefficient (Wildman–Crippen LogP) is 0.673. The van der Waals surface area contributed by atoms with Crippen LogP contribution in [-0.2, 0) is 16.6 Å². The fourth-order valence-corrected chi connectivity index (χ4v) is 2.62. The highest BCUT2D eigenvalue weighted by atomic mass is 32.2. The van der Waals surface area contributed by atoms with Crippen molar-refractivity contribution in [3.63, 3.8) is 0 Å². The molecular weight excluding hydrogens is 228 g/mol. The number of hydrogen-bond acceptors (Lipinski definition) is 4. The van der Waals surface area contributed by atoms with Gasteiger partial charge in [0, 0.05) is 6.54 Å². The van der Waals surface area contributed by atoms with Crippen molar-refractivity contribution in [3.8, 4) is 0 Å². The van der Waals surface area contributed by atoms with Crippen LogP contribution in [0, 0.1) is 11.8 Å². The van der Waals surface area contributed by atoms with E-state index >= 15 is 0 Å². The topological polar surface area (TPSA) is 85.3 Å². The zero-order chi connectivity index (χ0) is 11.8. The molecule has 0 radical (unpaired) electrons. The molecule has 5 nitrogen and oxygen atoms in total. The first-order valence-electron chi connectivity index (χ1n) is 5.31. The number of nitrogens with two attached hydrogens (primary N) is 1. The Labute approximate surface area is 95.1 Å². The van der Waals surface area contributed by atoms with Crippen molar-refractivity contribution in [2.24, 2.45) is 17.6 Å². The summed E-state index contributed by atoms with van der Waals surface area (Å²) >= 11 is 0. The van der Waals surface area contributed by atoms with Crippen molar-refractivity contribution < 1.29 is 12.8 Å². The van der Waals surface area contributed by atoms with Gasteiger partial charge in [-0.3, -0.25) is 0 Å². The van der Waals surface area contributed by atoms with Gasteiger partial charge in [-0.15, -0.1) is 0 Å². The van der Waals surface area contributed by atoms with Crippen molar-refractivity contribution in [1.82, 2.24) is 4.72 Å². The lowest BCUT2D eigenvalue weighted by Crippen LogP contribution is -2.25. The normalized spacial score (nSPS) is 24.6. The molecule has 16 heavy (non-hydrogen) atoms. The zero-order valence-electron chi connectivity index (χ0n) is 9.14. The van der Waals surface area contributed by atoms with Gasteiger partial charge >= 0.3 is 0 Å². The molecule has 6 heteroatoms. The molecule has 1 saturated carbocycles. The van der Waals surface area contributed by atoms with E-state index in [0.29, 0.717) is 24.1 Å². The Bertz CT molecular complexity index is 466. The highest BCUT2D eigenvalue weighted by Gasteiger charge is 2.33. The zero-order valence-corrected chi connectivity index (χ0v) is 9.96. The van der Waals surface area contributed by atoms with E-state index in [1.165, 1.54) is 6.07 Å². The van der Waals surface area contributed by atoms with Crippen LogP contribution in [0.5, 0.6) is 0 Å². The summed E-state index contributed by atoms with van der Waals surface area (Å²) in [6, 6.07) is 3.01. The standard InChI is InChI=1S/C10H16N2O3S/c1-7-4-8(7)6-12-16(13,14)10-3-2-9(5-11)15-10/h2-3,7-8,12H,4-6,11H2,1H3. The van der Waals surface area contributed by atoms with Crippen LogP contribution in [-0.4, -0.2) is 15.0 Å². The Balaban J connectivity index is 2.00. The summed E-state index contributed by atoms with van der Waals surface area (Å²) in [5.74, 6) is 1.57. The fraction of sp³-hybridized carbons (Fsp3) is 0.600. The van der Waals surface area contributed by atoms with Gasteiger partial charge in [-0.2, -0.15) is 0 Å².